The lowest BCUT2D eigenvalue weighted by Gasteiger charge is -2.44. The zero-order valence-corrected chi connectivity index (χ0v) is 18.9. The van der Waals surface area contributed by atoms with E-state index in [9.17, 15) is 14.7 Å². The number of allylic oxidation sites excluding steroid dienone is 1. The van der Waals surface area contributed by atoms with Gasteiger partial charge in [0, 0.05) is 25.6 Å². The summed E-state index contributed by atoms with van der Waals surface area (Å²) in [6.45, 7) is 2.28. The number of aldehydes is 1. The first-order valence-electron chi connectivity index (χ1n) is 10.4. The number of cyclic esters (lactones) is 1. The highest BCUT2D eigenvalue weighted by Gasteiger charge is 2.55. The van der Waals surface area contributed by atoms with Crippen molar-refractivity contribution in [2.24, 2.45) is 0 Å². The Hall–Kier alpha value is -3.48. The van der Waals surface area contributed by atoms with Crippen LogP contribution in [0.4, 0.5) is 0 Å². The average Bonchev–Trinajstić information content (AvgIpc) is 3.31. The molecule has 174 valence electrons. The van der Waals surface area contributed by atoms with Crippen molar-refractivity contribution in [3.8, 4) is 29.1 Å². The highest BCUT2D eigenvalue weighted by Crippen LogP contribution is 2.56. The molecule has 4 aliphatic rings. The zero-order valence-electron chi connectivity index (χ0n) is 18.9. The van der Waals surface area contributed by atoms with Gasteiger partial charge in [0.15, 0.2) is 23.4 Å². The summed E-state index contributed by atoms with van der Waals surface area (Å²) < 4.78 is 22.3. The third kappa shape index (κ3) is 3.17. The third-order valence-electron chi connectivity index (χ3n) is 6.37. The number of rotatable bonds is 3. The Labute approximate surface area is 191 Å². The standard InChI is InChI=1S/C23H21NO7.CH4O/c1-23(14-6-4-5-7-15(28-3)17(14)22(27)31-23)21-16-12(8-9-24(21)2)13(10-25)19-20(18(16)26)30-11-29-19;1-2/h7,10,21,26H,5,8-9,11H2,1-3H3;2H,1H3. The molecule has 5 rings (SSSR count). The lowest BCUT2D eigenvalue weighted by Crippen LogP contribution is -2.47. The Morgan fingerprint density at radius 1 is 1.30 bits per heavy atom. The van der Waals surface area contributed by atoms with Gasteiger partial charge >= 0.3 is 5.97 Å². The van der Waals surface area contributed by atoms with E-state index in [0.29, 0.717) is 53.0 Å². The number of benzene rings is 1. The van der Waals surface area contributed by atoms with Crippen molar-refractivity contribution >= 4 is 12.3 Å². The molecule has 1 aromatic carbocycles. The van der Waals surface area contributed by atoms with Crippen LogP contribution in [-0.4, -0.2) is 67.6 Å². The van der Waals surface area contributed by atoms with Crippen LogP contribution >= 0.6 is 0 Å². The van der Waals surface area contributed by atoms with Gasteiger partial charge in [0.05, 0.1) is 24.3 Å². The molecule has 9 heteroatoms. The smallest absolute Gasteiger partial charge is 0.343 e. The minimum atomic E-state index is -1.21. The van der Waals surface area contributed by atoms with Crippen molar-refractivity contribution < 1.29 is 38.7 Å². The number of carbonyl (C=O) groups excluding carboxylic acids is 2. The molecule has 1 aliphatic carbocycles. The van der Waals surface area contributed by atoms with E-state index in [0.717, 1.165) is 13.4 Å². The first-order chi connectivity index (χ1) is 15.9. The largest absolute Gasteiger partial charge is 0.504 e. The first kappa shape index (κ1) is 22.7. The van der Waals surface area contributed by atoms with Gasteiger partial charge in [-0.1, -0.05) is 11.8 Å². The summed E-state index contributed by atoms with van der Waals surface area (Å²) in [6, 6.07) is -0.605. The lowest BCUT2D eigenvalue weighted by atomic mass is 9.76. The normalized spacial score (nSPS) is 24.8. The van der Waals surface area contributed by atoms with Crippen molar-refractivity contribution in [2.45, 2.75) is 31.4 Å². The van der Waals surface area contributed by atoms with Gasteiger partial charge in [-0.15, -0.1) is 0 Å². The lowest BCUT2D eigenvalue weighted by molar-refractivity contribution is -0.151. The quantitative estimate of drug-likeness (QED) is 0.399. The molecule has 0 radical (unpaired) electrons. The average molecular weight is 455 g/mol. The number of hydrogen-bond donors (Lipinski definition) is 2. The van der Waals surface area contributed by atoms with Crippen LogP contribution in [0, 0.1) is 11.8 Å². The van der Waals surface area contributed by atoms with Crippen LogP contribution in [-0.2, 0) is 20.7 Å². The van der Waals surface area contributed by atoms with Crippen molar-refractivity contribution in [3.63, 3.8) is 0 Å². The van der Waals surface area contributed by atoms with E-state index in [1.807, 2.05) is 11.9 Å². The fourth-order valence-electron chi connectivity index (χ4n) is 5.04. The van der Waals surface area contributed by atoms with E-state index in [2.05, 4.69) is 11.8 Å². The van der Waals surface area contributed by atoms with Gasteiger partial charge in [0.25, 0.3) is 0 Å². The van der Waals surface area contributed by atoms with Crippen LogP contribution in [0.25, 0.3) is 0 Å². The number of aliphatic hydroxyl groups is 1. The molecule has 2 unspecified atom stereocenters. The number of phenolic OH excluding ortho intramolecular Hbond substituents is 1. The van der Waals surface area contributed by atoms with Crippen LogP contribution in [0.3, 0.4) is 0 Å². The minimum absolute atomic E-state index is 0.0812. The first-order valence-corrected chi connectivity index (χ1v) is 10.4. The maximum atomic E-state index is 13.0. The maximum absolute atomic E-state index is 13.0. The fourth-order valence-corrected chi connectivity index (χ4v) is 5.04. The van der Waals surface area contributed by atoms with Crippen molar-refractivity contribution in [3.05, 3.63) is 39.7 Å². The van der Waals surface area contributed by atoms with Crippen molar-refractivity contribution in [1.29, 1.82) is 0 Å². The number of likely N-dealkylation sites (N-methyl/N-ethyl adjacent to an activating group) is 1. The molecule has 0 spiro atoms. The molecule has 0 aromatic heterocycles. The fraction of sp³-hybridized carbons (Fsp3) is 0.417. The molecular weight excluding hydrogens is 430 g/mol. The van der Waals surface area contributed by atoms with Crippen LogP contribution in [0.1, 0.15) is 40.9 Å². The molecule has 33 heavy (non-hydrogen) atoms. The van der Waals surface area contributed by atoms with E-state index in [4.69, 9.17) is 24.1 Å². The topological polar surface area (TPSA) is 115 Å². The minimum Gasteiger partial charge on any atom is -0.504 e. The summed E-state index contributed by atoms with van der Waals surface area (Å²) in [5.74, 6) is 6.28. The molecule has 3 heterocycles. The molecule has 3 aliphatic heterocycles. The summed E-state index contributed by atoms with van der Waals surface area (Å²) in [6.07, 6.45) is 3.43. The predicted octanol–water partition coefficient (Wildman–Crippen LogP) is 1.62. The van der Waals surface area contributed by atoms with Crippen molar-refractivity contribution in [2.75, 3.05) is 34.6 Å². The monoisotopic (exact) mass is 455 g/mol. The van der Waals surface area contributed by atoms with E-state index >= 15 is 0 Å². The number of carbonyl (C=O) groups is 2. The SMILES string of the molecule is CO.COC1=CCC#CC2=C1C(=O)OC2(C)C1c2c(O)c3c(c(C=O)c2CCN1C)OCO3. The molecule has 2 atom stereocenters. The summed E-state index contributed by atoms with van der Waals surface area (Å²) in [7, 11) is 4.38. The second kappa shape index (κ2) is 8.46. The Morgan fingerprint density at radius 3 is 2.73 bits per heavy atom. The molecule has 0 saturated heterocycles. The predicted molar refractivity (Wildman–Crippen MR) is 116 cm³/mol. The molecule has 0 saturated carbocycles. The summed E-state index contributed by atoms with van der Waals surface area (Å²) in [5, 5.41) is 18.2. The molecule has 0 fully saturated rings. The Morgan fingerprint density at radius 2 is 2.03 bits per heavy atom. The highest BCUT2D eigenvalue weighted by atomic mass is 16.7. The van der Waals surface area contributed by atoms with Crippen LogP contribution in [0.5, 0.6) is 17.2 Å². The number of aromatic hydroxyl groups is 1. The second-order valence-electron chi connectivity index (χ2n) is 8.00. The number of aliphatic hydroxyl groups excluding tert-OH is 1. The zero-order chi connectivity index (χ0) is 23.9. The van der Waals surface area contributed by atoms with E-state index in [1.54, 1.807) is 13.0 Å². The molecule has 0 amide bonds. The highest BCUT2D eigenvalue weighted by molar-refractivity contribution is 5.99. The van der Waals surface area contributed by atoms with Gasteiger partial charge in [-0.25, -0.2) is 4.79 Å². The van der Waals surface area contributed by atoms with Crippen LogP contribution in [0.15, 0.2) is 23.0 Å². The molecule has 1 aromatic rings. The van der Waals surface area contributed by atoms with Crippen LogP contribution < -0.4 is 9.47 Å². The van der Waals surface area contributed by atoms with E-state index in [1.165, 1.54) is 7.11 Å². The number of nitrogens with zero attached hydrogens (tertiary/aromatic N) is 1. The van der Waals surface area contributed by atoms with E-state index < -0.39 is 17.6 Å². The van der Waals surface area contributed by atoms with E-state index in [-0.39, 0.29) is 24.0 Å². The Kier molecular flexibility index (Phi) is 5.82. The summed E-state index contributed by atoms with van der Waals surface area (Å²) in [4.78, 5) is 26.9. The number of methoxy groups -OCH3 is 1. The number of fused-ring (bicyclic) bond motifs is 2. The van der Waals surface area contributed by atoms with Gasteiger partial charge in [-0.3, -0.25) is 9.69 Å². The molecule has 0 bridgehead atoms. The number of esters is 1. The number of hydrogen-bond acceptors (Lipinski definition) is 9. The van der Waals surface area contributed by atoms with Crippen LogP contribution in [0.2, 0.25) is 0 Å². The van der Waals surface area contributed by atoms with Crippen molar-refractivity contribution in [1.82, 2.24) is 4.90 Å². The Balaban J connectivity index is 0.00000126. The van der Waals surface area contributed by atoms with Gasteiger partial charge in [0.1, 0.15) is 11.3 Å². The van der Waals surface area contributed by atoms with Gasteiger partial charge in [-0.2, -0.15) is 0 Å². The maximum Gasteiger partial charge on any atom is 0.343 e. The summed E-state index contributed by atoms with van der Waals surface area (Å²) >= 11 is 0. The Bertz CT molecular complexity index is 1160. The van der Waals surface area contributed by atoms with Gasteiger partial charge in [-0.05, 0) is 32.0 Å². The summed E-state index contributed by atoms with van der Waals surface area (Å²) in [5.41, 5.74) is 1.08. The number of ether oxygens (including phenoxy) is 4. The van der Waals surface area contributed by atoms with Gasteiger partial charge in [0.2, 0.25) is 12.5 Å². The molecular formula is C24H25NO8. The number of phenols is 1. The third-order valence-corrected chi connectivity index (χ3v) is 6.37. The second-order valence-corrected chi connectivity index (χ2v) is 8.00. The molecule has 9 nitrogen and oxygen atoms in total. The van der Waals surface area contributed by atoms with Gasteiger partial charge < -0.3 is 29.2 Å². The molecule has 2 N–H and O–H groups in total.